The Kier molecular flexibility index (Phi) is 15.0. The topological polar surface area (TPSA) is 279 Å². The van der Waals surface area contributed by atoms with E-state index in [2.05, 4.69) is 35.8 Å². The number of aromatic hydroxyl groups is 1. The monoisotopic (exact) mass is 771 g/mol. The first-order valence-electron chi connectivity index (χ1n) is 12.7. The summed E-state index contributed by atoms with van der Waals surface area (Å²) in [6, 6.07) is 13.6. The molecule has 5 rings (SSSR count). The van der Waals surface area contributed by atoms with Gasteiger partial charge >= 0.3 is 78.0 Å². The van der Waals surface area contributed by atoms with Gasteiger partial charge in [0.2, 0.25) is 17.2 Å². The van der Waals surface area contributed by atoms with Crippen LogP contribution in [-0.2, 0) is 30.4 Å². The first-order valence-corrected chi connectivity index (χ1v) is 17.3. The van der Waals surface area contributed by atoms with Crippen molar-refractivity contribution in [3.05, 3.63) is 77.6 Å². The van der Waals surface area contributed by atoms with E-state index in [4.69, 9.17) is 11.6 Å². The number of nitrogens with one attached hydrogen (secondary N) is 2. The first-order chi connectivity index (χ1) is 21.9. The van der Waals surface area contributed by atoms with Crippen molar-refractivity contribution in [1.29, 1.82) is 0 Å². The number of aromatic nitrogens is 3. The normalized spacial score (nSPS) is 11.7. The average molecular weight is 772 g/mol. The molecule has 0 unspecified atom stereocenters. The summed E-state index contributed by atoms with van der Waals surface area (Å²) in [5.41, 5.74) is -0.578. The van der Waals surface area contributed by atoms with Gasteiger partial charge in [0.1, 0.15) is 41.7 Å². The number of rotatable bonds is 9. The minimum atomic E-state index is -5.51. The number of nitrogens with zero attached hydrogens (tertiary/aromatic N) is 5. The van der Waals surface area contributed by atoms with Gasteiger partial charge in [-0.15, -0.1) is 10.2 Å². The van der Waals surface area contributed by atoms with E-state index in [-0.39, 0.29) is 95.2 Å². The van der Waals surface area contributed by atoms with Gasteiger partial charge < -0.3 is 29.4 Å². The molecule has 0 bridgehead atoms. The SMILES string of the molecule is Cc1ccccc1Nc1nc(Cl)nc(Nc2cc(S(=O)(=O)[O-])cc3cc(S(=O)(=O)[O-])c(N=Nc4ccccc4S(=O)(=O)[O-])c(O)c23)n1.[Li+].[Na+].[Na+]. The minimum Gasteiger partial charge on any atom is -0.744 e. The molecule has 0 saturated heterocycles. The molecule has 1 aromatic heterocycles. The Bertz CT molecular complexity index is 2460. The second-order valence-corrected chi connectivity index (χ2v) is 13.9. The van der Waals surface area contributed by atoms with E-state index in [1.165, 1.54) is 12.1 Å². The molecule has 0 aliphatic heterocycles. The standard InChI is InChI=1S/C26H20ClN7O10S3.Li.2Na/c1-13-6-2-3-7-16(13)28-25-30-24(27)31-26(32-25)29-18-12-15(45(36,37)38)10-14-11-20(47(42,43)44)22(23(35)21(14)18)34-33-17-8-4-5-9-19(17)46(39,40)41;;;/h2-12,35H,1H3,(H,36,37,38)(H,39,40,41)(H,42,43,44)(H2,28,29,30,31,32);;;/q;3*+1/p-3. The van der Waals surface area contributed by atoms with Gasteiger partial charge in [0.05, 0.1) is 20.4 Å². The van der Waals surface area contributed by atoms with Crippen LogP contribution in [0.15, 0.2) is 91.6 Å². The van der Waals surface area contributed by atoms with Gasteiger partial charge in [0, 0.05) is 11.1 Å². The molecule has 0 amide bonds. The van der Waals surface area contributed by atoms with Crippen molar-refractivity contribution < 1.29 is 122 Å². The van der Waals surface area contributed by atoms with E-state index in [0.717, 1.165) is 23.8 Å². The van der Waals surface area contributed by atoms with Crippen molar-refractivity contribution >= 4 is 87.4 Å². The Labute approximate surface area is 346 Å². The smallest absolute Gasteiger partial charge is 0.744 e. The van der Waals surface area contributed by atoms with E-state index in [1.54, 1.807) is 31.2 Å². The van der Waals surface area contributed by atoms with Gasteiger partial charge in [-0.2, -0.15) is 15.0 Å². The molecule has 5 aromatic rings. The fourth-order valence-electron chi connectivity index (χ4n) is 4.26. The summed E-state index contributed by atoms with van der Waals surface area (Å²) in [7, 11) is -15.8. The molecule has 4 aromatic carbocycles. The zero-order valence-corrected chi connectivity index (χ0v) is 33.5. The van der Waals surface area contributed by atoms with Gasteiger partial charge in [0.25, 0.3) is 0 Å². The number of anilines is 4. The fourth-order valence-corrected chi connectivity index (χ4v) is 6.21. The van der Waals surface area contributed by atoms with Crippen molar-refractivity contribution in [3.8, 4) is 5.75 Å². The van der Waals surface area contributed by atoms with Crippen LogP contribution in [0.1, 0.15) is 5.56 Å². The molecule has 0 atom stereocenters. The van der Waals surface area contributed by atoms with E-state index >= 15 is 0 Å². The Balaban J connectivity index is 0.00000289. The molecule has 0 aliphatic rings. The Morgan fingerprint density at radius 1 is 0.720 bits per heavy atom. The predicted octanol–water partition coefficient (Wildman–Crippen LogP) is -4.68. The molecule has 24 heteroatoms. The maximum absolute atomic E-state index is 12.2. The molecular formula is C26H17ClLiN7Na2O10S3. The maximum Gasteiger partial charge on any atom is 1.00 e. The largest absolute Gasteiger partial charge is 1.00 e. The second kappa shape index (κ2) is 17.1. The van der Waals surface area contributed by atoms with Crippen LogP contribution < -0.4 is 88.6 Å². The summed E-state index contributed by atoms with van der Waals surface area (Å²) < 4.78 is 108. The molecule has 0 fully saturated rings. The number of hydrogen-bond donors (Lipinski definition) is 3. The predicted molar refractivity (Wildman–Crippen MR) is 163 cm³/mol. The van der Waals surface area contributed by atoms with Gasteiger partial charge in [-0.3, -0.25) is 0 Å². The number of aryl methyl sites for hydroxylation is 1. The summed E-state index contributed by atoms with van der Waals surface area (Å²) in [4.78, 5) is 9.08. The minimum absolute atomic E-state index is 0. The maximum atomic E-state index is 12.2. The molecular weight excluding hydrogens is 755 g/mol. The van der Waals surface area contributed by atoms with Gasteiger partial charge in [-0.1, -0.05) is 30.3 Å². The fraction of sp³-hybridized carbons (Fsp3) is 0.0385. The third-order valence-electron chi connectivity index (χ3n) is 6.32. The molecule has 17 nitrogen and oxygen atoms in total. The molecule has 3 N–H and O–H groups in total. The number of hydrogen-bond acceptors (Lipinski definition) is 17. The summed E-state index contributed by atoms with van der Waals surface area (Å²) in [6.45, 7) is 1.80. The van der Waals surface area contributed by atoms with Gasteiger partial charge in [-0.25, -0.2) is 25.3 Å². The number of phenolic OH excluding ortho intramolecular Hbond substituents is 1. The van der Waals surface area contributed by atoms with E-state index in [9.17, 15) is 44.0 Å². The Hall–Kier alpha value is -2.23. The number of fused-ring (bicyclic) bond motifs is 1. The second-order valence-electron chi connectivity index (χ2n) is 9.49. The molecule has 0 saturated carbocycles. The van der Waals surface area contributed by atoms with Crippen LogP contribution in [0.4, 0.5) is 34.6 Å². The number of benzene rings is 4. The Morgan fingerprint density at radius 3 is 1.86 bits per heavy atom. The first kappa shape index (κ1) is 43.9. The molecule has 50 heavy (non-hydrogen) atoms. The van der Waals surface area contributed by atoms with Crippen molar-refractivity contribution in [3.63, 3.8) is 0 Å². The summed E-state index contributed by atoms with van der Waals surface area (Å²) in [5.74, 6) is -1.51. The summed E-state index contributed by atoms with van der Waals surface area (Å²) >= 11 is 6.08. The van der Waals surface area contributed by atoms with E-state index in [1.807, 2.05) is 0 Å². The number of phenols is 1. The van der Waals surface area contributed by atoms with Crippen molar-refractivity contribution in [1.82, 2.24) is 15.0 Å². The average Bonchev–Trinajstić information content (AvgIpc) is 2.96. The summed E-state index contributed by atoms with van der Waals surface area (Å²) in [6.07, 6.45) is 0. The molecule has 1 heterocycles. The van der Waals surface area contributed by atoms with Crippen molar-refractivity contribution in [2.75, 3.05) is 10.6 Å². The van der Waals surface area contributed by atoms with Crippen LogP contribution in [0, 0.1) is 6.92 Å². The quantitative estimate of drug-likeness (QED) is 0.0722. The number of para-hydroxylation sites is 1. The molecule has 0 spiro atoms. The van der Waals surface area contributed by atoms with Crippen LogP contribution >= 0.6 is 11.6 Å². The van der Waals surface area contributed by atoms with Crippen molar-refractivity contribution in [2.45, 2.75) is 21.6 Å². The van der Waals surface area contributed by atoms with Crippen LogP contribution in [0.2, 0.25) is 5.28 Å². The number of azo groups is 1. The number of halogens is 1. The third-order valence-corrected chi connectivity index (χ3v) is 9.04. The van der Waals surface area contributed by atoms with Crippen molar-refractivity contribution in [2.24, 2.45) is 10.2 Å². The van der Waals surface area contributed by atoms with E-state index < -0.39 is 78.6 Å². The zero-order valence-electron chi connectivity index (χ0n) is 26.3. The zero-order chi connectivity index (χ0) is 34.3. The molecule has 0 radical (unpaired) electrons. The molecule has 0 aliphatic carbocycles. The molecule has 244 valence electrons. The van der Waals surface area contributed by atoms with E-state index in [0.29, 0.717) is 17.8 Å². The third kappa shape index (κ3) is 10.2. The van der Waals surface area contributed by atoms with Crippen LogP contribution in [0.5, 0.6) is 5.75 Å². The van der Waals surface area contributed by atoms with Gasteiger partial charge in [0.15, 0.2) is 5.75 Å². The van der Waals surface area contributed by atoms with Crippen LogP contribution in [0.3, 0.4) is 0 Å². The van der Waals surface area contributed by atoms with Gasteiger partial charge in [-0.05, 0) is 65.9 Å². The summed E-state index contributed by atoms with van der Waals surface area (Å²) in [5, 5.41) is 22.8. The van der Waals surface area contributed by atoms with Crippen LogP contribution in [0.25, 0.3) is 10.8 Å². The van der Waals surface area contributed by atoms with Crippen LogP contribution in [-0.4, -0.2) is 59.0 Å². The Morgan fingerprint density at radius 2 is 1.28 bits per heavy atom.